The summed E-state index contributed by atoms with van der Waals surface area (Å²) in [4.78, 5) is 13.2. The minimum atomic E-state index is -3.79. The molecule has 0 bridgehead atoms. The predicted molar refractivity (Wildman–Crippen MR) is 91.5 cm³/mol. The van der Waals surface area contributed by atoms with Gasteiger partial charge in [0.25, 0.3) is 10.0 Å². The summed E-state index contributed by atoms with van der Waals surface area (Å²) in [5.74, 6) is 0.0566. The van der Waals surface area contributed by atoms with Crippen molar-refractivity contribution in [3.05, 3.63) is 40.3 Å². The van der Waals surface area contributed by atoms with Gasteiger partial charge in [-0.1, -0.05) is 0 Å². The maximum Gasteiger partial charge on any atom is 0.341 e. The Labute approximate surface area is 144 Å². The second-order valence-electron chi connectivity index (χ2n) is 5.33. The Kier molecular flexibility index (Phi) is 4.51. The third kappa shape index (κ3) is 2.99. The highest BCUT2D eigenvalue weighted by molar-refractivity contribution is 7.93. The second kappa shape index (κ2) is 6.45. The summed E-state index contributed by atoms with van der Waals surface area (Å²) >= 11 is 1.31. The molecule has 0 saturated carbocycles. The zero-order valence-electron chi connectivity index (χ0n) is 13.3. The predicted octanol–water partition coefficient (Wildman–Crippen LogP) is 2.83. The highest BCUT2D eigenvalue weighted by atomic mass is 32.2. The van der Waals surface area contributed by atoms with E-state index in [0.29, 0.717) is 16.3 Å². The van der Waals surface area contributed by atoms with Crippen molar-refractivity contribution in [2.45, 2.75) is 24.2 Å². The number of nitrogens with one attached hydrogen (secondary N) is 1. The number of hydrogen-bond acceptors (Lipinski definition) is 6. The summed E-state index contributed by atoms with van der Waals surface area (Å²) in [6, 6.07) is 6.06. The van der Waals surface area contributed by atoms with Gasteiger partial charge in [-0.2, -0.15) is 0 Å². The van der Waals surface area contributed by atoms with Crippen LogP contribution in [0.2, 0.25) is 0 Å². The molecule has 0 atom stereocenters. The molecular formula is C16H17NO5S2. The fourth-order valence-corrected chi connectivity index (χ4v) is 5.31. The Morgan fingerprint density at radius 1 is 1.17 bits per heavy atom. The number of ether oxygens (including phenoxy) is 2. The normalized spacial score (nSPS) is 13.4. The SMILES string of the molecule is COC(=O)c1c(NS(=O)(=O)c2ccc(OC)cc2)sc2c1CCC2. The average molecular weight is 367 g/mol. The number of esters is 1. The van der Waals surface area contributed by atoms with Gasteiger partial charge in [0.15, 0.2) is 0 Å². The monoisotopic (exact) mass is 367 g/mol. The number of fused-ring (bicyclic) bond motifs is 1. The first-order valence-corrected chi connectivity index (χ1v) is 9.66. The lowest BCUT2D eigenvalue weighted by Gasteiger charge is -2.09. The number of anilines is 1. The molecule has 1 aliphatic rings. The van der Waals surface area contributed by atoms with Gasteiger partial charge in [0, 0.05) is 4.88 Å². The molecule has 3 rings (SSSR count). The third-order valence-corrected chi connectivity index (χ3v) is 6.61. The van der Waals surface area contributed by atoms with Crippen molar-refractivity contribution in [1.29, 1.82) is 0 Å². The minimum Gasteiger partial charge on any atom is -0.497 e. The number of carbonyl (C=O) groups excluding carboxylic acids is 1. The van der Waals surface area contributed by atoms with Gasteiger partial charge in [0.2, 0.25) is 0 Å². The lowest BCUT2D eigenvalue weighted by atomic mass is 10.1. The van der Waals surface area contributed by atoms with Crippen LogP contribution in [0.1, 0.15) is 27.2 Å². The Balaban J connectivity index is 1.96. The van der Waals surface area contributed by atoms with E-state index in [1.807, 2.05) is 0 Å². The van der Waals surface area contributed by atoms with Crippen LogP contribution >= 0.6 is 11.3 Å². The molecule has 0 spiro atoms. The average Bonchev–Trinajstić information content (AvgIpc) is 3.14. The van der Waals surface area contributed by atoms with Gasteiger partial charge in [-0.05, 0) is 49.1 Å². The standard InChI is InChI=1S/C16H17NO5S2/c1-21-10-6-8-11(9-7-10)24(19,20)17-15-14(16(18)22-2)12-4-3-5-13(12)23-15/h6-9,17H,3-5H2,1-2H3. The van der Waals surface area contributed by atoms with E-state index < -0.39 is 16.0 Å². The molecule has 6 nitrogen and oxygen atoms in total. The van der Waals surface area contributed by atoms with Crippen LogP contribution in [0.3, 0.4) is 0 Å². The van der Waals surface area contributed by atoms with E-state index in [0.717, 1.165) is 29.7 Å². The topological polar surface area (TPSA) is 81.7 Å². The van der Waals surface area contributed by atoms with Crippen LogP contribution in [-0.2, 0) is 27.6 Å². The molecule has 1 aromatic carbocycles. The van der Waals surface area contributed by atoms with Crippen molar-refractivity contribution in [3.63, 3.8) is 0 Å². The molecule has 8 heteroatoms. The number of thiophene rings is 1. The molecule has 1 aliphatic carbocycles. The number of sulfonamides is 1. The zero-order valence-corrected chi connectivity index (χ0v) is 14.9. The van der Waals surface area contributed by atoms with Crippen LogP contribution in [0.15, 0.2) is 29.2 Å². The summed E-state index contributed by atoms with van der Waals surface area (Å²) < 4.78 is 37.6. The molecule has 0 radical (unpaired) electrons. The van der Waals surface area contributed by atoms with Crippen LogP contribution in [-0.4, -0.2) is 28.6 Å². The Morgan fingerprint density at radius 2 is 1.88 bits per heavy atom. The molecule has 2 aromatic rings. The van der Waals surface area contributed by atoms with E-state index in [2.05, 4.69) is 4.72 Å². The van der Waals surface area contributed by atoms with Crippen molar-refractivity contribution >= 4 is 32.3 Å². The quantitative estimate of drug-likeness (QED) is 0.822. The largest absolute Gasteiger partial charge is 0.497 e. The van der Waals surface area contributed by atoms with Crippen molar-refractivity contribution in [2.24, 2.45) is 0 Å². The number of benzene rings is 1. The van der Waals surface area contributed by atoms with Crippen molar-refractivity contribution < 1.29 is 22.7 Å². The van der Waals surface area contributed by atoms with E-state index in [-0.39, 0.29) is 4.90 Å². The van der Waals surface area contributed by atoms with Crippen LogP contribution < -0.4 is 9.46 Å². The third-order valence-electron chi connectivity index (χ3n) is 3.91. The van der Waals surface area contributed by atoms with Gasteiger partial charge in [-0.25, -0.2) is 13.2 Å². The molecule has 1 heterocycles. The number of methoxy groups -OCH3 is 2. The second-order valence-corrected chi connectivity index (χ2v) is 8.12. The first-order chi connectivity index (χ1) is 11.5. The van der Waals surface area contributed by atoms with Crippen molar-refractivity contribution in [1.82, 2.24) is 0 Å². The highest BCUT2D eigenvalue weighted by Crippen LogP contribution is 2.40. The number of hydrogen-bond donors (Lipinski definition) is 1. The van der Waals surface area contributed by atoms with Gasteiger partial charge in [-0.3, -0.25) is 4.72 Å². The van der Waals surface area contributed by atoms with E-state index in [1.54, 1.807) is 12.1 Å². The Morgan fingerprint density at radius 3 is 2.50 bits per heavy atom. The zero-order chi connectivity index (χ0) is 17.3. The van der Waals surface area contributed by atoms with Crippen LogP contribution in [0, 0.1) is 0 Å². The number of carbonyl (C=O) groups is 1. The van der Waals surface area contributed by atoms with E-state index in [9.17, 15) is 13.2 Å². The Hall–Kier alpha value is -2.06. The molecule has 1 N–H and O–H groups in total. The van der Waals surface area contributed by atoms with Gasteiger partial charge >= 0.3 is 5.97 Å². The first kappa shape index (κ1) is 16.8. The summed E-state index contributed by atoms with van der Waals surface area (Å²) in [5, 5.41) is 0.322. The molecular weight excluding hydrogens is 350 g/mol. The maximum absolute atomic E-state index is 12.6. The molecule has 1 aromatic heterocycles. The molecule has 0 amide bonds. The van der Waals surface area contributed by atoms with Crippen LogP contribution in [0.25, 0.3) is 0 Å². The number of aryl methyl sites for hydroxylation is 1. The lowest BCUT2D eigenvalue weighted by molar-refractivity contribution is 0.0601. The molecule has 0 saturated heterocycles. The van der Waals surface area contributed by atoms with Crippen LogP contribution in [0.5, 0.6) is 5.75 Å². The molecule has 24 heavy (non-hydrogen) atoms. The highest BCUT2D eigenvalue weighted by Gasteiger charge is 2.29. The maximum atomic E-state index is 12.6. The molecule has 0 unspecified atom stereocenters. The van der Waals surface area contributed by atoms with E-state index in [4.69, 9.17) is 9.47 Å². The summed E-state index contributed by atoms with van der Waals surface area (Å²) in [6.45, 7) is 0. The van der Waals surface area contributed by atoms with Gasteiger partial charge in [-0.15, -0.1) is 11.3 Å². The van der Waals surface area contributed by atoms with Crippen LogP contribution in [0.4, 0.5) is 5.00 Å². The summed E-state index contributed by atoms with van der Waals surface area (Å²) in [7, 11) is -0.987. The summed E-state index contributed by atoms with van der Waals surface area (Å²) in [5.41, 5.74) is 1.24. The smallest absolute Gasteiger partial charge is 0.341 e. The van der Waals surface area contributed by atoms with E-state index in [1.165, 1.54) is 37.7 Å². The number of rotatable bonds is 5. The molecule has 0 aliphatic heterocycles. The van der Waals surface area contributed by atoms with Gasteiger partial charge < -0.3 is 9.47 Å². The fourth-order valence-electron chi connectivity index (χ4n) is 2.73. The minimum absolute atomic E-state index is 0.104. The van der Waals surface area contributed by atoms with Crippen molar-refractivity contribution in [3.8, 4) is 5.75 Å². The summed E-state index contributed by atoms with van der Waals surface area (Å²) in [6.07, 6.45) is 2.59. The lowest BCUT2D eigenvalue weighted by Crippen LogP contribution is -2.15. The van der Waals surface area contributed by atoms with E-state index >= 15 is 0 Å². The van der Waals surface area contributed by atoms with Gasteiger partial charge in [0.1, 0.15) is 10.8 Å². The molecule has 128 valence electrons. The first-order valence-electron chi connectivity index (χ1n) is 7.36. The van der Waals surface area contributed by atoms with Gasteiger partial charge in [0.05, 0.1) is 24.7 Å². The Bertz CT molecular complexity index is 869. The fraction of sp³-hybridized carbons (Fsp3) is 0.312. The van der Waals surface area contributed by atoms with Crippen molar-refractivity contribution in [2.75, 3.05) is 18.9 Å². The molecule has 0 fully saturated rings.